The molecule has 6 nitrogen and oxygen atoms in total. The Labute approximate surface area is 145 Å². The van der Waals surface area contributed by atoms with Gasteiger partial charge in [0, 0.05) is 6.54 Å². The summed E-state index contributed by atoms with van der Waals surface area (Å²) in [4.78, 5) is 15.9. The van der Waals surface area contributed by atoms with Gasteiger partial charge in [-0.05, 0) is 27.2 Å². The first kappa shape index (κ1) is 22.3. The van der Waals surface area contributed by atoms with Crippen LogP contribution >= 0.6 is 24.0 Å². The third-order valence-corrected chi connectivity index (χ3v) is 2.27. The van der Waals surface area contributed by atoms with Crippen molar-refractivity contribution < 1.29 is 9.53 Å². The van der Waals surface area contributed by atoms with E-state index in [9.17, 15) is 4.79 Å². The Morgan fingerprint density at radius 1 is 1.48 bits per heavy atom. The number of nitrogens with two attached hydrogens (primary N) is 1. The van der Waals surface area contributed by atoms with Crippen molar-refractivity contribution in [2.75, 3.05) is 13.1 Å². The number of hydrogen-bond donors (Lipinski definition) is 3. The fraction of sp³-hybridized carbons (Fsp3) is 0.714. The van der Waals surface area contributed by atoms with Crippen molar-refractivity contribution in [3.05, 3.63) is 12.7 Å². The Hall–Kier alpha value is -0.990. The van der Waals surface area contributed by atoms with Crippen molar-refractivity contribution in [1.82, 2.24) is 10.6 Å². The summed E-state index contributed by atoms with van der Waals surface area (Å²) in [5.41, 5.74) is 5.18. The maximum absolute atomic E-state index is 11.7. The number of carbonyl (C=O) groups excluding carboxylic acids is 1. The lowest BCUT2D eigenvalue weighted by Crippen LogP contribution is -2.41. The number of hydrogen-bond acceptors (Lipinski definition) is 3. The molecule has 0 aliphatic rings. The number of guanidine groups is 1. The second-order valence-corrected chi connectivity index (χ2v) is 5.53. The van der Waals surface area contributed by atoms with Crippen LogP contribution < -0.4 is 16.4 Å². The molecule has 0 aliphatic carbocycles. The lowest BCUT2D eigenvalue weighted by molar-refractivity contribution is 0.0503. The van der Waals surface area contributed by atoms with E-state index in [-0.39, 0.29) is 30.0 Å². The molecular formula is C14H29IN4O2. The minimum Gasteiger partial charge on any atom is -0.444 e. The van der Waals surface area contributed by atoms with Crippen LogP contribution in [0.15, 0.2) is 17.6 Å². The van der Waals surface area contributed by atoms with Gasteiger partial charge >= 0.3 is 6.09 Å². The summed E-state index contributed by atoms with van der Waals surface area (Å²) in [6.45, 7) is 12.1. The number of nitrogens with one attached hydrogen (secondary N) is 2. The highest BCUT2D eigenvalue weighted by molar-refractivity contribution is 14.0. The van der Waals surface area contributed by atoms with E-state index in [2.05, 4.69) is 22.2 Å². The van der Waals surface area contributed by atoms with Crippen LogP contribution in [-0.4, -0.2) is 36.8 Å². The molecule has 0 heterocycles. The molecule has 124 valence electrons. The maximum atomic E-state index is 11.7. The Morgan fingerprint density at radius 3 is 2.57 bits per heavy atom. The molecule has 4 N–H and O–H groups in total. The van der Waals surface area contributed by atoms with Gasteiger partial charge in [-0.1, -0.05) is 19.4 Å². The summed E-state index contributed by atoms with van der Waals surface area (Å²) >= 11 is 0. The first-order valence-corrected chi connectivity index (χ1v) is 6.92. The number of amides is 1. The van der Waals surface area contributed by atoms with Crippen molar-refractivity contribution in [1.29, 1.82) is 0 Å². The van der Waals surface area contributed by atoms with Crippen LogP contribution in [0.5, 0.6) is 0 Å². The molecule has 0 aromatic heterocycles. The zero-order valence-electron chi connectivity index (χ0n) is 13.4. The molecule has 0 radical (unpaired) electrons. The molecule has 0 bridgehead atoms. The topological polar surface area (TPSA) is 88.7 Å². The number of halogens is 1. The highest BCUT2D eigenvalue weighted by Gasteiger charge is 2.18. The maximum Gasteiger partial charge on any atom is 0.407 e. The molecule has 0 aromatic carbocycles. The zero-order chi connectivity index (χ0) is 15.6. The first-order valence-electron chi connectivity index (χ1n) is 6.92. The van der Waals surface area contributed by atoms with Crippen LogP contribution in [0.2, 0.25) is 0 Å². The van der Waals surface area contributed by atoms with E-state index < -0.39 is 11.7 Å². The monoisotopic (exact) mass is 412 g/mol. The van der Waals surface area contributed by atoms with Gasteiger partial charge in [0.25, 0.3) is 0 Å². The average molecular weight is 412 g/mol. The van der Waals surface area contributed by atoms with Gasteiger partial charge in [0.1, 0.15) is 5.60 Å². The number of nitrogens with zero attached hydrogens (tertiary/aromatic N) is 1. The van der Waals surface area contributed by atoms with Crippen LogP contribution in [-0.2, 0) is 4.74 Å². The molecule has 0 aliphatic heterocycles. The molecule has 0 spiro atoms. The van der Waals surface area contributed by atoms with Crippen molar-refractivity contribution in [3.8, 4) is 0 Å². The number of ether oxygens (including phenoxy) is 1. The standard InChI is InChI=1S/C14H28N4O2.HI/c1-6-8-11(10-17-12(15)16-9-7-2)18-13(19)20-14(3,4)5;/h7,11H,2,6,8-10H2,1,3-5H3,(H,18,19)(H3,15,16,17);1H. The van der Waals surface area contributed by atoms with E-state index in [1.165, 1.54) is 0 Å². The third kappa shape index (κ3) is 13.7. The SMILES string of the molecule is C=CCNC(N)=NCC(CCC)NC(=O)OC(C)(C)C.I. The highest BCUT2D eigenvalue weighted by Crippen LogP contribution is 2.07. The predicted molar refractivity (Wildman–Crippen MR) is 98.2 cm³/mol. The molecule has 1 amide bonds. The fourth-order valence-corrected chi connectivity index (χ4v) is 1.47. The Balaban J connectivity index is 0. The molecular weight excluding hydrogens is 383 g/mol. The van der Waals surface area contributed by atoms with Crippen molar-refractivity contribution in [2.24, 2.45) is 10.7 Å². The van der Waals surface area contributed by atoms with Gasteiger partial charge in [-0.2, -0.15) is 0 Å². The number of alkyl carbamates (subject to hydrolysis) is 1. The summed E-state index contributed by atoms with van der Waals surface area (Å²) < 4.78 is 5.23. The minimum atomic E-state index is -0.505. The van der Waals surface area contributed by atoms with Crippen LogP contribution in [0.3, 0.4) is 0 Å². The van der Waals surface area contributed by atoms with Gasteiger partial charge in [-0.25, -0.2) is 4.79 Å². The van der Waals surface area contributed by atoms with E-state index in [1.807, 2.05) is 27.7 Å². The third-order valence-electron chi connectivity index (χ3n) is 2.27. The second kappa shape index (κ2) is 11.6. The van der Waals surface area contributed by atoms with Crippen LogP contribution in [0, 0.1) is 0 Å². The van der Waals surface area contributed by atoms with Crippen molar-refractivity contribution in [3.63, 3.8) is 0 Å². The van der Waals surface area contributed by atoms with Gasteiger partial charge in [-0.3, -0.25) is 4.99 Å². The van der Waals surface area contributed by atoms with E-state index in [1.54, 1.807) is 6.08 Å². The zero-order valence-corrected chi connectivity index (χ0v) is 15.8. The van der Waals surface area contributed by atoms with Crippen LogP contribution in [0.25, 0.3) is 0 Å². The number of carbonyl (C=O) groups is 1. The largest absolute Gasteiger partial charge is 0.444 e. The summed E-state index contributed by atoms with van der Waals surface area (Å²) in [6.07, 6.45) is 3.03. The summed E-state index contributed by atoms with van der Waals surface area (Å²) in [5, 5.41) is 5.70. The highest BCUT2D eigenvalue weighted by atomic mass is 127. The van der Waals surface area contributed by atoms with Gasteiger partial charge in [0.05, 0.1) is 12.6 Å². The van der Waals surface area contributed by atoms with E-state index >= 15 is 0 Å². The van der Waals surface area contributed by atoms with Gasteiger partial charge in [0.2, 0.25) is 0 Å². The predicted octanol–water partition coefficient (Wildman–Crippen LogP) is 2.39. The van der Waals surface area contributed by atoms with Crippen molar-refractivity contribution in [2.45, 2.75) is 52.2 Å². The Morgan fingerprint density at radius 2 is 2.10 bits per heavy atom. The van der Waals surface area contributed by atoms with Crippen LogP contribution in [0.4, 0.5) is 4.79 Å². The first-order chi connectivity index (χ1) is 9.28. The van der Waals surface area contributed by atoms with E-state index in [0.717, 1.165) is 12.8 Å². The lowest BCUT2D eigenvalue weighted by atomic mass is 10.1. The molecule has 0 fully saturated rings. The normalized spacial score (nSPS) is 12.9. The van der Waals surface area contributed by atoms with E-state index in [0.29, 0.717) is 19.0 Å². The van der Waals surface area contributed by atoms with Crippen molar-refractivity contribution >= 4 is 36.0 Å². The molecule has 0 rings (SSSR count). The smallest absolute Gasteiger partial charge is 0.407 e. The Kier molecular flexibility index (Phi) is 12.4. The minimum absolute atomic E-state index is 0. The molecule has 0 saturated heterocycles. The molecule has 1 unspecified atom stereocenters. The summed E-state index contributed by atoms with van der Waals surface area (Å²) in [5.74, 6) is 0.344. The molecule has 0 aromatic rings. The quantitative estimate of drug-likeness (QED) is 0.259. The molecule has 21 heavy (non-hydrogen) atoms. The van der Waals surface area contributed by atoms with E-state index in [4.69, 9.17) is 10.5 Å². The number of rotatable bonds is 7. The summed E-state index contributed by atoms with van der Waals surface area (Å²) in [7, 11) is 0. The van der Waals surface area contributed by atoms with Gasteiger partial charge < -0.3 is 21.1 Å². The number of aliphatic imine (C=N–C) groups is 1. The second-order valence-electron chi connectivity index (χ2n) is 5.53. The summed E-state index contributed by atoms with van der Waals surface area (Å²) in [6, 6.07) is -0.0843. The van der Waals surface area contributed by atoms with Gasteiger partial charge in [-0.15, -0.1) is 30.6 Å². The molecule has 0 saturated carbocycles. The molecule has 1 atom stereocenters. The fourth-order valence-electron chi connectivity index (χ4n) is 1.47. The average Bonchev–Trinajstić information content (AvgIpc) is 2.31. The van der Waals surface area contributed by atoms with Gasteiger partial charge in [0.15, 0.2) is 5.96 Å². The Bertz CT molecular complexity index is 340. The van der Waals surface area contributed by atoms with Crippen LogP contribution in [0.1, 0.15) is 40.5 Å². The lowest BCUT2D eigenvalue weighted by Gasteiger charge is -2.22. The molecule has 7 heteroatoms.